The summed E-state index contributed by atoms with van der Waals surface area (Å²) in [5.41, 5.74) is 12.8. The standard InChI is InChI=1S/C17H21N/c1-4-14-10-9-12(2)11-16(14)17(18)15-8-6-5-7-13(15)3/h5-11,17H,4,18H2,1-3H3. The molecule has 0 heterocycles. The minimum atomic E-state index is -0.0268. The highest BCUT2D eigenvalue weighted by Gasteiger charge is 2.14. The molecule has 0 spiro atoms. The maximum Gasteiger partial charge on any atom is 0.0557 e. The third-order valence-corrected chi connectivity index (χ3v) is 3.54. The van der Waals surface area contributed by atoms with Crippen LogP contribution in [0, 0.1) is 13.8 Å². The maximum atomic E-state index is 6.46. The van der Waals surface area contributed by atoms with E-state index in [-0.39, 0.29) is 6.04 Å². The van der Waals surface area contributed by atoms with E-state index in [0.717, 1.165) is 6.42 Å². The van der Waals surface area contributed by atoms with Crippen molar-refractivity contribution in [1.29, 1.82) is 0 Å². The number of hydrogen-bond acceptors (Lipinski definition) is 1. The summed E-state index contributed by atoms with van der Waals surface area (Å²) >= 11 is 0. The normalized spacial score (nSPS) is 12.4. The van der Waals surface area contributed by atoms with Gasteiger partial charge < -0.3 is 5.73 Å². The van der Waals surface area contributed by atoms with Gasteiger partial charge in [0.1, 0.15) is 0 Å². The summed E-state index contributed by atoms with van der Waals surface area (Å²) in [6.45, 7) is 6.42. The highest BCUT2D eigenvalue weighted by atomic mass is 14.6. The van der Waals surface area contributed by atoms with E-state index in [1.165, 1.54) is 27.8 Å². The lowest BCUT2D eigenvalue weighted by Gasteiger charge is -2.19. The molecule has 0 aliphatic heterocycles. The zero-order valence-corrected chi connectivity index (χ0v) is 11.4. The van der Waals surface area contributed by atoms with Gasteiger partial charge in [-0.1, -0.05) is 55.0 Å². The van der Waals surface area contributed by atoms with Gasteiger partial charge in [-0.2, -0.15) is 0 Å². The van der Waals surface area contributed by atoms with E-state index < -0.39 is 0 Å². The molecule has 0 aliphatic carbocycles. The molecule has 0 fully saturated rings. The van der Waals surface area contributed by atoms with Crippen LogP contribution in [-0.4, -0.2) is 0 Å². The van der Waals surface area contributed by atoms with Crippen LogP contribution in [0.4, 0.5) is 0 Å². The largest absolute Gasteiger partial charge is 0.320 e. The van der Waals surface area contributed by atoms with Gasteiger partial charge in [-0.3, -0.25) is 0 Å². The van der Waals surface area contributed by atoms with Gasteiger partial charge >= 0.3 is 0 Å². The maximum absolute atomic E-state index is 6.46. The highest BCUT2D eigenvalue weighted by molar-refractivity contribution is 5.41. The molecular formula is C17H21N. The lowest BCUT2D eigenvalue weighted by atomic mass is 9.90. The Hall–Kier alpha value is -1.60. The topological polar surface area (TPSA) is 26.0 Å². The van der Waals surface area contributed by atoms with Crippen LogP contribution in [0.15, 0.2) is 42.5 Å². The Morgan fingerprint density at radius 3 is 2.39 bits per heavy atom. The average Bonchev–Trinajstić information content (AvgIpc) is 2.38. The van der Waals surface area contributed by atoms with Crippen molar-refractivity contribution in [2.45, 2.75) is 33.2 Å². The van der Waals surface area contributed by atoms with Crippen molar-refractivity contribution in [3.05, 3.63) is 70.3 Å². The smallest absolute Gasteiger partial charge is 0.0557 e. The summed E-state index contributed by atoms with van der Waals surface area (Å²) in [5, 5.41) is 0. The molecule has 0 saturated heterocycles. The molecule has 1 heteroatoms. The number of hydrogen-bond donors (Lipinski definition) is 1. The van der Waals surface area contributed by atoms with Crippen LogP contribution in [0.25, 0.3) is 0 Å². The Morgan fingerprint density at radius 1 is 1.00 bits per heavy atom. The fourth-order valence-corrected chi connectivity index (χ4v) is 2.43. The summed E-state index contributed by atoms with van der Waals surface area (Å²) in [6.07, 6.45) is 1.02. The van der Waals surface area contributed by atoms with Crippen molar-refractivity contribution >= 4 is 0 Å². The average molecular weight is 239 g/mol. The SMILES string of the molecule is CCc1ccc(C)cc1C(N)c1ccccc1C. The molecule has 2 N–H and O–H groups in total. The van der Waals surface area contributed by atoms with Crippen molar-refractivity contribution in [2.24, 2.45) is 5.73 Å². The number of aryl methyl sites for hydroxylation is 3. The zero-order chi connectivity index (χ0) is 13.1. The van der Waals surface area contributed by atoms with E-state index in [9.17, 15) is 0 Å². The van der Waals surface area contributed by atoms with Crippen LogP contribution in [0.1, 0.15) is 40.8 Å². The highest BCUT2D eigenvalue weighted by Crippen LogP contribution is 2.26. The Labute approximate surface area is 110 Å². The van der Waals surface area contributed by atoms with Crippen LogP contribution in [0.5, 0.6) is 0 Å². The molecule has 2 aromatic carbocycles. The fourth-order valence-electron chi connectivity index (χ4n) is 2.43. The molecule has 2 rings (SSSR count). The van der Waals surface area contributed by atoms with Crippen LogP contribution >= 0.6 is 0 Å². The second-order valence-electron chi connectivity index (χ2n) is 4.89. The van der Waals surface area contributed by atoms with Gasteiger partial charge in [0.05, 0.1) is 6.04 Å². The minimum Gasteiger partial charge on any atom is -0.320 e. The molecule has 0 saturated carbocycles. The van der Waals surface area contributed by atoms with Crippen molar-refractivity contribution < 1.29 is 0 Å². The number of benzene rings is 2. The lowest BCUT2D eigenvalue weighted by molar-refractivity contribution is 0.839. The van der Waals surface area contributed by atoms with Gasteiger partial charge in [-0.15, -0.1) is 0 Å². The second-order valence-corrected chi connectivity index (χ2v) is 4.89. The van der Waals surface area contributed by atoms with Gasteiger partial charge in [-0.05, 0) is 42.5 Å². The van der Waals surface area contributed by atoms with E-state index in [1.54, 1.807) is 0 Å². The third-order valence-electron chi connectivity index (χ3n) is 3.54. The molecule has 0 aliphatic rings. The molecule has 18 heavy (non-hydrogen) atoms. The van der Waals surface area contributed by atoms with Crippen molar-refractivity contribution in [3.8, 4) is 0 Å². The lowest BCUT2D eigenvalue weighted by Crippen LogP contribution is -2.15. The Kier molecular flexibility index (Phi) is 3.83. The van der Waals surface area contributed by atoms with Crippen molar-refractivity contribution in [2.75, 3.05) is 0 Å². The molecule has 0 radical (unpaired) electrons. The van der Waals surface area contributed by atoms with Gasteiger partial charge in [0.15, 0.2) is 0 Å². The first-order valence-electron chi connectivity index (χ1n) is 6.54. The molecular weight excluding hydrogens is 218 g/mol. The number of nitrogens with two attached hydrogens (primary N) is 1. The quantitative estimate of drug-likeness (QED) is 0.863. The van der Waals surface area contributed by atoms with Crippen LogP contribution in [-0.2, 0) is 6.42 Å². The van der Waals surface area contributed by atoms with Gasteiger partial charge in [-0.25, -0.2) is 0 Å². The Bertz CT molecular complexity index is 543. The molecule has 0 bridgehead atoms. The van der Waals surface area contributed by atoms with Gasteiger partial charge in [0.2, 0.25) is 0 Å². The van der Waals surface area contributed by atoms with Gasteiger partial charge in [0.25, 0.3) is 0 Å². The van der Waals surface area contributed by atoms with E-state index in [0.29, 0.717) is 0 Å². The first-order valence-corrected chi connectivity index (χ1v) is 6.54. The summed E-state index contributed by atoms with van der Waals surface area (Å²) < 4.78 is 0. The van der Waals surface area contributed by atoms with Crippen molar-refractivity contribution in [3.63, 3.8) is 0 Å². The summed E-state index contributed by atoms with van der Waals surface area (Å²) in [7, 11) is 0. The predicted molar refractivity (Wildman–Crippen MR) is 77.8 cm³/mol. The van der Waals surface area contributed by atoms with Crippen LogP contribution in [0.2, 0.25) is 0 Å². The van der Waals surface area contributed by atoms with Crippen molar-refractivity contribution in [1.82, 2.24) is 0 Å². The predicted octanol–water partition coefficient (Wildman–Crippen LogP) is 3.91. The minimum absolute atomic E-state index is 0.0268. The molecule has 1 nitrogen and oxygen atoms in total. The second kappa shape index (κ2) is 5.36. The summed E-state index contributed by atoms with van der Waals surface area (Å²) in [5.74, 6) is 0. The summed E-state index contributed by atoms with van der Waals surface area (Å²) in [6, 6.07) is 14.9. The van der Waals surface area contributed by atoms with Crippen LogP contribution < -0.4 is 5.73 Å². The van der Waals surface area contributed by atoms with E-state index in [2.05, 4.69) is 63.2 Å². The zero-order valence-electron chi connectivity index (χ0n) is 11.4. The first-order chi connectivity index (χ1) is 8.63. The molecule has 1 atom stereocenters. The number of rotatable bonds is 3. The molecule has 2 aromatic rings. The third kappa shape index (κ3) is 2.46. The van der Waals surface area contributed by atoms with E-state index in [4.69, 9.17) is 5.73 Å². The Balaban J connectivity index is 2.48. The molecule has 0 amide bonds. The summed E-state index contributed by atoms with van der Waals surface area (Å²) in [4.78, 5) is 0. The van der Waals surface area contributed by atoms with E-state index in [1.807, 2.05) is 0 Å². The van der Waals surface area contributed by atoms with Gasteiger partial charge in [0, 0.05) is 0 Å². The Morgan fingerprint density at radius 2 is 1.72 bits per heavy atom. The molecule has 1 unspecified atom stereocenters. The first kappa shape index (κ1) is 12.8. The molecule has 0 aromatic heterocycles. The monoisotopic (exact) mass is 239 g/mol. The van der Waals surface area contributed by atoms with E-state index >= 15 is 0 Å². The fraction of sp³-hybridized carbons (Fsp3) is 0.294. The van der Waals surface area contributed by atoms with Crippen LogP contribution in [0.3, 0.4) is 0 Å². The molecule has 94 valence electrons.